The second-order valence-electron chi connectivity index (χ2n) is 5.08. The number of hydrogen-bond acceptors (Lipinski definition) is 4. The maximum Gasteiger partial charge on any atom is 0.215 e. The van der Waals surface area contributed by atoms with Crippen molar-refractivity contribution >= 4 is 16.9 Å². The Hall–Kier alpha value is -2.56. The van der Waals surface area contributed by atoms with Crippen molar-refractivity contribution in [3.63, 3.8) is 0 Å². The van der Waals surface area contributed by atoms with Gasteiger partial charge in [0.15, 0.2) is 5.65 Å². The number of nitrogens with two attached hydrogens (primary N) is 1. The normalized spacial score (nSPS) is 11.0. The smallest absolute Gasteiger partial charge is 0.215 e. The summed E-state index contributed by atoms with van der Waals surface area (Å²) in [6.07, 6.45) is 0. The van der Waals surface area contributed by atoms with E-state index in [2.05, 4.69) is 21.0 Å². The van der Waals surface area contributed by atoms with E-state index in [1.54, 1.807) is 0 Å². The first-order valence-corrected chi connectivity index (χ1v) is 6.95. The van der Waals surface area contributed by atoms with E-state index in [0.717, 1.165) is 33.7 Å². The van der Waals surface area contributed by atoms with Crippen LogP contribution in [0.5, 0.6) is 5.88 Å². The van der Waals surface area contributed by atoms with Gasteiger partial charge in [0.05, 0.1) is 12.1 Å². The quantitative estimate of drug-likeness (QED) is 0.723. The van der Waals surface area contributed by atoms with Crippen molar-refractivity contribution in [1.82, 2.24) is 15.0 Å². The average molecular weight is 282 g/mol. The van der Waals surface area contributed by atoms with Gasteiger partial charge in [-0.15, -0.1) is 0 Å². The first-order valence-electron chi connectivity index (χ1n) is 6.95. The number of pyridine rings is 1. The van der Waals surface area contributed by atoms with Crippen LogP contribution in [0.4, 0.5) is 5.69 Å². The minimum Gasteiger partial charge on any atom is -0.478 e. The summed E-state index contributed by atoms with van der Waals surface area (Å²) in [5.74, 6) is 1.31. The number of hydrogen-bond donors (Lipinski definition) is 2. The molecular formula is C16H18N4O. The predicted octanol–water partition coefficient (Wildman–Crippen LogP) is 3.22. The third-order valence-electron chi connectivity index (χ3n) is 3.40. The van der Waals surface area contributed by atoms with Crippen molar-refractivity contribution in [2.75, 3.05) is 12.3 Å². The van der Waals surface area contributed by atoms with E-state index in [-0.39, 0.29) is 0 Å². The molecule has 0 saturated heterocycles. The van der Waals surface area contributed by atoms with Crippen LogP contribution >= 0.6 is 0 Å². The van der Waals surface area contributed by atoms with Crippen molar-refractivity contribution in [2.45, 2.75) is 20.8 Å². The summed E-state index contributed by atoms with van der Waals surface area (Å²) in [4.78, 5) is 12.2. The number of benzene rings is 1. The Morgan fingerprint density at radius 1 is 1.19 bits per heavy atom. The number of rotatable bonds is 3. The molecule has 5 nitrogen and oxygen atoms in total. The van der Waals surface area contributed by atoms with Gasteiger partial charge in [-0.1, -0.05) is 6.07 Å². The van der Waals surface area contributed by atoms with Crippen molar-refractivity contribution in [1.29, 1.82) is 0 Å². The molecule has 2 aromatic heterocycles. The largest absolute Gasteiger partial charge is 0.478 e. The number of ether oxygens (including phenoxy) is 1. The summed E-state index contributed by atoms with van der Waals surface area (Å²) in [5, 5.41) is 0. The molecule has 0 amide bonds. The Morgan fingerprint density at radius 2 is 2.00 bits per heavy atom. The summed E-state index contributed by atoms with van der Waals surface area (Å²) < 4.78 is 5.40. The monoisotopic (exact) mass is 282 g/mol. The van der Waals surface area contributed by atoms with Gasteiger partial charge in [0.25, 0.3) is 0 Å². The van der Waals surface area contributed by atoms with Crippen LogP contribution in [0.25, 0.3) is 22.6 Å². The van der Waals surface area contributed by atoms with E-state index in [4.69, 9.17) is 10.5 Å². The van der Waals surface area contributed by atoms with Gasteiger partial charge in [0.2, 0.25) is 5.88 Å². The molecule has 0 unspecified atom stereocenters. The molecule has 5 heteroatoms. The SMILES string of the molecule is CCOc1ccc2[nH]c(-c3cc(C)cc(C)c3N)nc2n1. The number of anilines is 1. The minimum atomic E-state index is 0.580. The standard InChI is InChI=1S/C16H18N4O/c1-4-21-13-6-5-12-16(19-13)20-15(18-12)11-8-9(2)7-10(3)14(11)17/h5-8H,4,17H2,1-3H3,(H,18,19,20). The van der Waals surface area contributed by atoms with Crippen LogP contribution in [0, 0.1) is 13.8 Å². The molecule has 0 bridgehead atoms. The molecule has 3 rings (SSSR count). The lowest BCUT2D eigenvalue weighted by molar-refractivity contribution is 0.328. The Morgan fingerprint density at radius 3 is 2.76 bits per heavy atom. The summed E-state index contributed by atoms with van der Waals surface area (Å²) in [6.45, 7) is 6.56. The number of imidazole rings is 1. The number of H-pyrrole nitrogens is 1. The zero-order valence-electron chi connectivity index (χ0n) is 12.4. The van der Waals surface area contributed by atoms with Crippen LogP contribution in [-0.2, 0) is 0 Å². The van der Waals surface area contributed by atoms with E-state index >= 15 is 0 Å². The van der Waals surface area contributed by atoms with Gasteiger partial charge in [-0.25, -0.2) is 4.98 Å². The highest BCUT2D eigenvalue weighted by Gasteiger charge is 2.12. The molecule has 0 aliphatic rings. The molecule has 0 radical (unpaired) electrons. The topological polar surface area (TPSA) is 76.8 Å². The van der Waals surface area contributed by atoms with E-state index in [0.29, 0.717) is 18.1 Å². The Labute approximate surface area is 123 Å². The van der Waals surface area contributed by atoms with Gasteiger partial charge < -0.3 is 15.5 Å². The van der Waals surface area contributed by atoms with Crippen LogP contribution in [-0.4, -0.2) is 21.6 Å². The highest BCUT2D eigenvalue weighted by atomic mass is 16.5. The number of nitrogens with one attached hydrogen (secondary N) is 1. The highest BCUT2D eigenvalue weighted by molar-refractivity contribution is 5.81. The molecule has 3 N–H and O–H groups in total. The zero-order valence-corrected chi connectivity index (χ0v) is 12.4. The van der Waals surface area contributed by atoms with Crippen molar-refractivity contribution in [2.24, 2.45) is 0 Å². The molecular weight excluding hydrogens is 264 g/mol. The first-order chi connectivity index (χ1) is 10.1. The summed E-state index contributed by atoms with van der Waals surface area (Å²) in [5.41, 5.74) is 11.5. The minimum absolute atomic E-state index is 0.580. The lowest BCUT2D eigenvalue weighted by Gasteiger charge is -2.07. The lowest BCUT2D eigenvalue weighted by atomic mass is 10.0. The third-order valence-corrected chi connectivity index (χ3v) is 3.40. The fraction of sp³-hybridized carbons (Fsp3) is 0.250. The average Bonchev–Trinajstić information content (AvgIpc) is 2.86. The molecule has 2 heterocycles. The number of nitrogen functional groups attached to an aromatic ring is 1. The van der Waals surface area contributed by atoms with Crippen LogP contribution in [0.1, 0.15) is 18.1 Å². The van der Waals surface area contributed by atoms with Crippen molar-refractivity contribution in [3.8, 4) is 17.3 Å². The number of fused-ring (bicyclic) bond motifs is 1. The molecule has 108 valence electrons. The second kappa shape index (κ2) is 5.09. The molecule has 0 fully saturated rings. The maximum absolute atomic E-state index is 6.18. The highest BCUT2D eigenvalue weighted by Crippen LogP contribution is 2.29. The number of aromatic nitrogens is 3. The number of aromatic amines is 1. The molecule has 0 saturated carbocycles. The number of aryl methyl sites for hydroxylation is 2. The number of nitrogens with zero attached hydrogens (tertiary/aromatic N) is 2. The molecule has 0 aliphatic carbocycles. The molecule has 0 atom stereocenters. The Kier molecular flexibility index (Phi) is 3.25. The second-order valence-corrected chi connectivity index (χ2v) is 5.08. The van der Waals surface area contributed by atoms with E-state index in [9.17, 15) is 0 Å². The Balaban J connectivity index is 2.13. The lowest BCUT2D eigenvalue weighted by Crippen LogP contribution is -1.96. The summed E-state index contributed by atoms with van der Waals surface area (Å²) in [6, 6.07) is 7.84. The van der Waals surface area contributed by atoms with E-state index < -0.39 is 0 Å². The molecule has 0 spiro atoms. The van der Waals surface area contributed by atoms with Gasteiger partial charge in [0.1, 0.15) is 5.82 Å². The molecule has 21 heavy (non-hydrogen) atoms. The zero-order chi connectivity index (χ0) is 15.0. The fourth-order valence-corrected chi connectivity index (χ4v) is 2.41. The fourth-order valence-electron chi connectivity index (χ4n) is 2.41. The van der Waals surface area contributed by atoms with Crippen LogP contribution < -0.4 is 10.5 Å². The van der Waals surface area contributed by atoms with E-state index in [1.165, 1.54) is 0 Å². The molecule has 1 aromatic carbocycles. The van der Waals surface area contributed by atoms with Crippen molar-refractivity contribution < 1.29 is 4.74 Å². The van der Waals surface area contributed by atoms with E-state index in [1.807, 2.05) is 39.0 Å². The third kappa shape index (κ3) is 2.42. The summed E-state index contributed by atoms with van der Waals surface area (Å²) >= 11 is 0. The summed E-state index contributed by atoms with van der Waals surface area (Å²) in [7, 11) is 0. The van der Waals surface area contributed by atoms with Gasteiger partial charge in [-0.05, 0) is 44.0 Å². The van der Waals surface area contributed by atoms with Gasteiger partial charge in [-0.2, -0.15) is 4.98 Å². The van der Waals surface area contributed by atoms with Crippen LogP contribution in [0.2, 0.25) is 0 Å². The van der Waals surface area contributed by atoms with Gasteiger partial charge in [-0.3, -0.25) is 0 Å². The van der Waals surface area contributed by atoms with Gasteiger partial charge >= 0.3 is 0 Å². The van der Waals surface area contributed by atoms with Gasteiger partial charge in [0, 0.05) is 17.3 Å². The maximum atomic E-state index is 6.18. The first kappa shape index (κ1) is 13.4. The molecule has 3 aromatic rings. The van der Waals surface area contributed by atoms with Crippen molar-refractivity contribution in [3.05, 3.63) is 35.4 Å². The molecule has 0 aliphatic heterocycles. The Bertz CT molecular complexity index is 807. The predicted molar refractivity (Wildman–Crippen MR) is 84.4 cm³/mol. The van der Waals surface area contributed by atoms with Crippen LogP contribution in [0.15, 0.2) is 24.3 Å². The van der Waals surface area contributed by atoms with Crippen LogP contribution in [0.3, 0.4) is 0 Å².